The standard InChI is InChI=1S/C9H10ClF2NO2/c1-9(11,12)5-15-8-7(10)2-6(4-14)3-13-8/h2-3,14H,4-5H2,1H3. The van der Waals surface area contributed by atoms with Crippen LogP contribution in [0.5, 0.6) is 5.88 Å². The van der Waals surface area contributed by atoms with E-state index in [-0.39, 0.29) is 17.5 Å². The molecule has 0 amide bonds. The van der Waals surface area contributed by atoms with E-state index in [0.717, 1.165) is 6.92 Å². The summed E-state index contributed by atoms with van der Waals surface area (Å²) in [7, 11) is 0. The summed E-state index contributed by atoms with van der Waals surface area (Å²) in [4.78, 5) is 3.70. The number of alkyl halides is 2. The Labute approximate surface area is 90.7 Å². The number of aromatic nitrogens is 1. The van der Waals surface area contributed by atoms with Crippen molar-refractivity contribution in [3.8, 4) is 5.88 Å². The van der Waals surface area contributed by atoms with Crippen LogP contribution in [0.4, 0.5) is 8.78 Å². The molecule has 1 aromatic rings. The van der Waals surface area contributed by atoms with Crippen LogP contribution in [0, 0.1) is 0 Å². The van der Waals surface area contributed by atoms with Crippen LogP contribution in [-0.2, 0) is 6.61 Å². The quantitative estimate of drug-likeness (QED) is 0.874. The number of halogens is 3. The van der Waals surface area contributed by atoms with Crippen molar-refractivity contribution >= 4 is 11.6 Å². The summed E-state index contributed by atoms with van der Waals surface area (Å²) in [6.45, 7) is -0.252. The van der Waals surface area contributed by atoms with Crippen molar-refractivity contribution in [1.29, 1.82) is 0 Å². The number of hydrogen-bond acceptors (Lipinski definition) is 3. The molecule has 1 heterocycles. The lowest BCUT2D eigenvalue weighted by Gasteiger charge is -2.12. The molecule has 0 aromatic carbocycles. The molecule has 0 atom stereocenters. The zero-order chi connectivity index (χ0) is 11.5. The van der Waals surface area contributed by atoms with Crippen LogP contribution in [0.1, 0.15) is 12.5 Å². The summed E-state index contributed by atoms with van der Waals surface area (Å²) in [5.41, 5.74) is 0.496. The minimum absolute atomic E-state index is 0.0598. The lowest BCUT2D eigenvalue weighted by Crippen LogP contribution is -2.21. The smallest absolute Gasteiger partial charge is 0.278 e. The average Bonchev–Trinajstić information content (AvgIpc) is 2.14. The van der Waals surface area contributed by atoms with Crippen LogP contribution >= 0.6 is 11.6 Å². The fraction of sp³-hybridized carbons (Fsp3) is 0.444. The van der Waals surface area contributed by atoms with Gasteiger partial charge in [-0.25, -0.2) is 13.8 Å². The Morgan fingerprint density at radius 1 is 1.60 bits per heavy atom. The summed E-state index contributed by atoms with van der Waals surface area (Å²) in [5.74, 6) is -2.99. The van der Waals surface area contributed by atoms with Crippen LogP contribution in [0.3, 0.4) is 0 Å². The molecule has 15 heavy (non-hydrogen) atoms. The van der Waals surface area contributed by atoms with Gasteiger partial charge in [0.15, 0.2) is 6.61 Å². The van der Waals surface area contributed by atoms with Crippen LogP contribution < -0.4 is 4.74 Å². The summed E-state index contributed by atoms with van der Waals surface area (Å²) in [5, 5.41) is 8.86. The van der Waals surface area contributed by atoms with Gasteiger partial charge in [-0.15, -0.1) is 0 Å². The highest BCUT2D eigenvalue weighted by molar-refractivity contribution is 6.31. The van der Waals surface area contributed by atoms with Gasteiger partial charge in [-0.1, -0.05) is 11.6 Å². The molecule has 0 aliphatic carbocycles. The zero-order valence-electron chi connectivity index (χ0n) is 8.01. The Morgan fingerprint density at radius 3 is 2.73 bits per heavy atom. The van der Waals surface area contributed by atoms with Crippen molar-refractivity contribution in [2.75, 3.05) is 6.61 Å². The van der Waals surface area contributed by atoms with Crippen LogP contribution in [0.25, 0.3) is 0 Å². The second-order valence-corrected chi connectivity index (χ2v) is 3.55. The Morgan fingerprint density at radius 2 is 2.27 bits per heavy atom. The number of nitrogens with zero attached hydrogens (tertiary/aromatic N) is 1. The first-order valence-electron chi connectivity index (χ1n) is 4.18. The normalized spacial score (nSPS) is 11.5. The van der Waals surface area contributed by atoms with E-state index in [4.69, 9.17) is 21.4 Å². The topological polar surface area (TPSA) is 42.4 Å². The number of rotatable bonds is 4. The molecule has 0 unspecified atom stereocenters. The molecule has 1 N–H and O–H groups in total. The van der Waals surface area contributed by atoms with Crippen molar-refractivity contribution in [1.82, 2.24) is 4.98 Å². The molecule has 0 saturated heterocycles. The predicted molar refractivity (Wildman–Crippen MR) is 51.3 cm³/mol. The average molecular weight is 238 g/mol. The third-order valence-electron chi connectivity index (χ3n) is 1.51. The fourth-order valence-electron chi connectivity index (χ4n) is 0.853. The summed E-state index contributed by atoms with van der Waals surface area (Å²) in [6, 6.07) is 1.41. The number of hydrogen-bond donors (Lipinski definition) is 1. The molecular formula is C9H10ClF2NO2. The SMILES string of the molecule is CC(F)(F)COc1ncc(CO)cc1Cl. The van der Waals surface area contributed by atoms with Crippen molar-refractivity contribution < 1.29 is 18.6 Å². The molecule has 0 aliphatic heterocycles. The minimum atomic E-state index is -2.93. The number of aliphatic hydroxyl groups is 1. The fourth-order valence-corrected chi connectivity index (χ4v) is 1.10. The third-order valence-corrected chi connectivity index (χ3v) is 1.78. The van der Waals surface area contributed by atoms with E-state index in [9.17, 15) is 8.78 Å². The van der Waals surface area contributed by atoms with Gasteiger partial charge in [0.05, 0.1) is 6.61 Å². The third kappa shape index (κ3) is 3.97. The van der Waals surface area contributed by atoms with Gasteiger partial charge in [0.1, 0.15) is 5.02 Å². The maximum absolute atomic E-state index is 12.4. The monoisotopic (exact) mass is 237 g/mol. The molecule has 84 valence electrons. The van der Waals surface area contributed by atoms with Gasteiger partial charge in [-0.3, -0.25) is 0 Å². The predicted octanol–water partition coefficient (Wildman–Crippen LogP) is 2.26. The van der Waals surface area contributed by atoms with E-state index in [2.05, 4.69) is 4.98 Å². The largest absolute Gasteiger partial charge is 0.470 e. The van der Waals surface area contributed by atoms with E-state index >= 15 is 0 Å². The molecule has 0 saturated carbocycles. The van der Waals surface area contributed by atoms with Gasteiger partial charge in [-0.2, -0.15) is 0 Å². The minimum Gasteiger partial charge on any atom is -0.470 e. The van der Waals surface area contributed by atoms with Gasteiger partial charge in [-0.05, 0) is 11.6 Å². The maximum Gasteiger partial charge on any atom is 0.278 e. The van der Waals surface area contributed by atoms with E-state index in [1.54, 1.807) is 0 Å². The van der Waals surface area contributed by atoms with Crippen molar-refractivity contribution in [2.45, 2.75) is 19.5 Å². The lowest BCUT2D eigenvalue weighted by molar-refractivity contribution is -0.0242. The highest BCUT2D eigenvalue weighted by Crippen LogP contribution is 2.24. The van der Waals surface area contributed by atoms with Crippen LogP contribution in [0.2, 0.25) is 5.02 Å². The van der Waals surface area contributed by atoms with Gasteiger partial charge in [0.2, 0.25) is 5.88 Å². The summed E-state index contributed by atoms with van der Waals surface area (Å²) >= 11 is 5.69. The molecular weight excluding hydrogens is 228 g/mol. The Bertz CT molecular complexity index is 341. The van der Waals surface area contributed by atoms with Crippen molar-refractivity contribution in [2.24, 2.45) is 0 Å². The lowest BCUT2D eigenvalue weighted by atomic mass is 10.3. The molecule has 0 radical (unpaired) electrons. The van der Waals surface area contributed by atoms with Gasteiger partial charge < -0.3 is 9.84 Å². The van der Waals surface area contributed by atoms with Crippen molar-refractivity contribution in [3.05, 3.63) is 22.8 Å². The van der Waals surface area contributed by atoms with Crippen molar-refractivity contribution in [3.63, 3.8) is 0 Å². The maximum atomic E-state index is 12.4. The summed E-state index contributed by atoms with van der Waals surface area (Å²) < 4.78 is 29.6. The van der Waals surface area contributed by atoms with Gasteiger partial charge in [0, 0.05) is 13.1 Å². The highest BCUT2D eigenvalue weighted by atomic mass is 35.5. The summed E-state index contributed by atoms with van der Waals surface area (Å²) in [6.07, 6.45) is 1.31. The Balaban J connectivity index is 2.70. The molecule has 0 spiro atoms. The molecule has 6 heteroatoms. The molecule has 1 aromatic heterocycles. The number of ether oxygens (including phenoxy) is 1. The first-order chi connectivity index (χ1) is 6.92. The van der Waals surface area contributed by atoms with Crippen LogP contribution in [-0.4, -0.2) is 22.6 Å². The molecule has 0 bridgehead atoms. The van der Waals surface area contributed by atoms with E-state index in [0.29, 0.717) is 5.56 Å². The van der Waals surface area contributed by atoms with Crippen LogP contribution in [0.15, 0.2) is 12.3 Å². The first-order valence-corrected chi connectivity index (χ1v) is 4.56. The Kier molecular flexibility index (Phi) is 3.82. The second-order valence-electron chi connectivity index (χ2n) is 3.15. The molecule has 1 rings (SSSR count). The van der Waals surface area contributed by atoms with Gasteiger partial charge in [0.25, 0.3) is 5.92 Å². The molecule has 0 fully saturated rings. The first kappa shape index (κ1) is 12.1. The van der Waals surface area contributed by atoms with E-state index in [1.165, 1.54) is 12.3 Å². The van der Waals surface area contributed by atoms with Gasteiger partial charge >= 0.3 is 0 Å². The van der Waals surface area contributed by atoms with E-state index in [1.807, 2.05) is 0 Å². The zero-order valence-corrected chi connectivity index (χ0v) is 8.76. The Hall–Kier alpha value is -0.940. The van der Waals surface area contributed by atoms with E-state index < -0.39 is 12.5 Å². The second kappa shape index (κ2) is 4.72. The molecule has 0 aliphatic rings. The highest BCUT2D eigenvalue weighted by Gasteiger charge is 2.22. The number of aliphatic hydroxyl groups excluding tert-OH is 1. The number of pyridine rings is 1. The molecule has 3 nitrogen and oxygen atoms in total.